The van der Waals surface area contributed by atoms with Gasteiger partial charge in [0.1, 0.15) is 5.69 Å². The lowest BCUT2D eigenvalue weighted by molar-refractivity contribution is 0.146. The summed E-state index contributed by atoms with van der Waals surface area (Å²) in [7, 11) is 0. The Balaban J connectivity index is 2.90. The lowest BCUT2D eigenvalue weighted by atomic mass is 10.2. The van der Waals surface area contributed by atoms with E-state index in [4.69, 9.17) is 5.73 Å². The van der Waals surface area contributed by atoms with Crippen molar-refractivity contribution in [3.8, 4) is 0 Å². The van der Waals surface area contributed by atoms with Crippen molar-refractivity contribution in [2.75, 3.05) is 0 Å². The highest BCUT2D eigenvalue weighted by molar-refractivity contribution is 7.03. The van der Waals surface area contributed by atoms with Crippen molar-refractivity contribution in [1.29, 1.82) is 0 Å². The molecule has 0 fully saturated rings. The van der Waals surface area contributed by atoms with E-state index in [0.717, 1.165) is 11.5 Å². The van der Waals surface area contributed by atoms with Crippen LogP contribution in [0.4, 0.5) is 8.78 Å². The van der Waals surface area contributed by atoms with E-state index in [-0.39, 0.29) is 12.2 Å². The molecule has 0 radical (unpaired) electrons. The van der Waals surface area contributed by atoms with Crippen molar-refractivity contribution in [1.82, 2.24) is 4.37 Å². The van der Waals surface area contributed by atoms with Crippen molar-refractivity contribution >= 4 is 11.5 Å². The molecule has 0 aliphatic carbocycles. The fourth-order valence-electron chi connectivity index (χ4n) is 0.598. The summed E-state index contributed by atoms with van der Waals surface area (Å²) < 4.78 is 27.4. The number of rotatable bonds is 2. The van der Waals surface area contributed by atoms with Crippen LogP contribution in [0.1, 0.15) is 17.7 Å². The summed E-state index contributed by atoms with van der Waals surface area (Å²) in [6.45, 7) is 0.135. The van der Waals surface area contributed by atoms with Crippen LogP contribution in [0.2, 0.25) is 0 Å². The van der Waals surface area contributed by atoms with Crippen molar-refractivity contribution < 1.29 is 8.78 Å². The van der Waals surface area contributed by atoms with Crippen LogP contribution in [-0.2, 0) is 6.54 Å². The molecule has 56 valence electrons. The first kappa shape index (κ1) is 7.56. The summed E-state index contributed by atoms with van der Waals surface area (Å²) >= 11 is 1.01. The Hall–Kier alpha value is -0.550. The molecular weight excluding hydrogens is 158 g/mol. The number of hydrogen-bond donors (Lipinski definition) is 1. The molecule has 0 spiro atoms. The lowest BCUT2D eigenvalue weighted by Gasteiger charge is -1.95. The zero-order valence-corrected chi connectivity index (χ0v) is 5.87. The average Bonchev–Trinajstić information content (AvgIpc) is 2.33. The Morgan fingerprint density at radius 1 is 1.70 bits per heavy atom. The van der Waals surface area contributed by atoms with Gasteiger partial charge in [-0.2, -0.15) is 4.37 Å². The number of aromatic nitrogens is 1. The largest absolute Gasteiger partial charge is 0.326 e. The monoisotopic (exact) mass is 164 g/mol. The van der Waals surface area contributed by atoms with Gasteiger partial charge in [0, 0.05) is 17.5 Å². The number of alkyl halides is 2. The van der Waals surface area contributed by atoms with Crippen molar-refractivity contribution in [2.45, 2.75) is 13.0 Å². The summed E-state index contributed by atoms with van der Waals surface area (Å²) in [4.78, 5) is 0. The molecule has 0 bridgehead atoms. The molecule has 0 aliphatic rings. The highest BCUT2D eigenvalue weighted by Crippen LogP contribution is 2.22. The van der Waals surface area contributed by atoms with Crippen molar-refractivity contribution in [3.63, 3.8) is 0 Å². The minimum Gasteiger partial charge on any atom is -0.326 e. The lowest BCUT2D eigenvalue weighted by Crippen LogP contribution is -1.99. The zero-order chi connectivity index (χ0) is 7.56. The first-order chi connectivity index (χ1) is 4.75. The van der Waals surface area contributed by atoms with Gasteiger partial charge in [0.15, 0.2) is 0 Å². The Morgan fingerprint density at radius 3 is 2.80 bits per heavy atom. The van der Waals surface area contributed by atoms with Crippen LogP contribution in [-0.4, -0.2) is 4.37 Å². The second kappa shape index (κ2) is 3.03. The number of nitrogens with two attached hydrogens (primary N) is 1. The van der Waals surface area contributed by atoms with E-state index in [1.165, 1.54) is 0 Å². The zero-order valence-electron chi connectivity index (χ0n) is 5.05. The fraction of sp³-hybridized carbons (Fsp3) is 0.400. The van der Waals surface area contributed by atoms with Crippen LogP contribution in [0.25, 0.3) is 0 Å². The molecule has 0 saturated carbocycles. The van der Waals surface area contributed by atoms with Gasteiger partial charge in [0.05, 0.1) is 0 Å². The maximum absolute atomic E-state index is 11.9. The molecule has 2 N–H and O–H groups in total. The van der Waals surface area contributed by atoms with Crippen LogP contribution >= 0.6 is 11.5 Å². The molecule has 1 heterocycles. The molecule has 0 aromatic carbocycles. The average molecular weight is 164 g/mol. The molecule has 2 nitrogen and oxygen atoms in total. The summed E-state index contributed by atoms with van der Waals surface area (Å²) in [5.41, 5.74) is 5.44. The van der Waals surface area contributed by atoms with Crippen LogP contribution < -0.4 is 5.73 Å². The third kappa shape index (κ3) is 1.30. The van der Waals surface area contributed by atoms with Gasteiger partial charge in [0.2, 0.25) is 0 Å². The van der Waals surface area contributed by atoms with E-state index in [2.05, 4.69) is 4.37 Å². The van der Waals surface area contributed by atoms with E-state index in [0.29, 0.717) is 5.56 Å². The van der Waals surface area contributed by atoms with E-state index >= 15 is 0 Å². The molecular formula is C5H6F2N2S. The molecule has 10 heavy (non-hydrogen) atoms. The topological polar surface area (TPSA) is 38.9 Å². The maximum Gasteiger partial charge on any atom is 0.281 e. The highest BCUT2D eigenvalue weighted by Gasteiger charge is 2.14. The second-order valence-electron chi connectivity index (χ2n) is 1.73. The highest BCUT2D eigenvalue weighted by atomic mass is 32.1. The predicted octanol–water partition coefficient (Wildman–Crippen LogP) is 1.54. The van der Waals surface area contributed by atoms with Crippen LogP contribution in [0.15, 0.2) is 5.38 Å². The van der Waals surface area contributed by atoms with Crippen molar-refractivity contribution in [3.05, 3.63) is 16.6 Å². The fourth-order valence-corrected chi connectivity index (χ4v) is 1.31. The van der Waals surface area contributed by atoms with Gasteiger partial charge in [-0.25, -0.2) is 8.78 Å². The van der Waals surface area contributed by atoms with E-state index < -0.39 is 6.43 Å². The minimum atomic E-state index is -2.50. The second-order valence-corrected chi connectivity index (χ2v) is 2.36. The molecule has 1 rings (SSSR count). The quantitative estimate of drug-likeness (QED) is 0.720. The summed E-state index contributed by atoms with van der Waals surface area (Å²) in [6.07, 6.45) is -2.50. The van der Waals surface area contributed by atoms with Gasteiger partial charge in [-0.15, -0.1) is 0 Å². The Morgan fingerprint density at radius 2 is 2.40 bits per heavy atom. The molecule has 0 atom stereocenters. The molecule has 1 aromatic rings. The van der Waals surface area contributed by atoms with Gasteiger partial charge < -0.3 is 5.73 Å². The first-order valence-corrected chi connectivity index (χ1v) is 3.50. The third-order valence-electron chi connectivity index (χ3n) is 1.10. The van der Waals surface area contributed by atoms with Gasteiger partial charge in [0.25, 0.3) is 6.43 Å². The number of hydrogen-bond acceptors (Lipinski definition) is 3. The Kier molecular flexibility index (Phi) is 2.29. The first-order valence-electron chi connectivity index (χ1n) is 2.67. The van der Waals surface area contributed by atoms with E-state index in [1.807, 2.05) is 0 Å². The Bertz CT molecular complexity index is 211. The molecule has 0 amide bonds. The molecule has 0 unspecified atom stereocenters. The normalized spacial score (nSPS) is 10.8. The van der Waals surface area contributed by atoms with E-state index in [9.17, 15) is 8.78 Å². The summed E-state index contributed by atoms with van der Waals surface area (Å²) in [5, 5.41) is 1.54. The smallest absolute Gasteiger partial charge is 0.281 e. The van der Waals surface area contributed by atoms with Gasteiger partial charge in [-0.1, -0.05) is 0 Å². The molecule has 5 heteroatoms. The SMILES string of the molecule is NCc1csnc1C(F)F. The van der Waals surface area contributed by atoms with Gasteiger partial charge >= 0.3 is 0 Å². The Labute approximate surface area is 60.8 Å². The van der Waals surface area contributed by atoms with Crippen LogP contribution in [0.3, 0.4) is 0 Å². The molecule has 0 saturated heterocycles. The maximum atomic E-state index is 11.9. The standard InChI is InChI=1S/C5H6F2N2S/c6-5(7)4-3(1-8)2-10-9-4/h2,5H,1,8H2. The van der Waals surface area contributed by atoms with Gasteiger partial charge in [-0.05, 0) is 11.5 Å². The predicted molar refractivity (Wildman–Crippen MR) is 35.0 cm³/mol. The van der Waals surface area contributed by atoms with Crippen LogP contribution in [0.5, 0.6) is 0 Å². The summed E-state index contributed by atoms with van der Waals surface area (Å²) in [6, 6.07) is 0. The van der Waals surface area contributed by atoms with Gasteiger partial charge in [-0.3, -0.25) is 0 Å². The molecule has 1 aromatic heterocycles. The number of halogens is 2. The summed E-state index contributed by atoms with van der Waals surface area (Å²) in [5.74, 6) is 0. The number of nitrogens with zero attached hydrogens (tertiary/aromatic N) is 1. The van der Waals surface area contributed by atoms with E-state index in [1.54, 1.807) is 5.38 Å². The molecule has 0 aliphatic heterocycles. The third-order valence-corrected chi connectivity index (χ3v) is 1.79. The van der Waals surface area contributed by atoms with Crippen LogP contribution in [0, 0.1) is 0 Å². The van der Waals surface area contributed by atoms with Crippen molar-refractivity contribution in [2.24, 2.45) is 5.73 Å². The minimum absolute atomic E-state index is 0.135.